The van der Waals surface area contributed by atoms with E-state index in [2.05, 4.69) is 13.8 Å². The third kappa shape index (κ3) is 4.39. The van der Waals surface area contributed by atoms with Crippen molar-refractivity contribution in [2.75, 3.05) is 11.9 Å². The standard InChI is InChI=1S/C15H20FNO2/c1-4-5-11(2)17(3)14-8-6-12(10-13(14)16)7-9-15(18)19/h6-11H,4-5H2,1-3H3,(H,18,19)/b9-7+. The van der Waals surface area contributed by atoms with Gasteiger partial charge in [-0.2, -0.15) is 0 Å². The van der Waals surface area contributed by atoms with Gasteiger partial charge in [-0.1, -0.05) is 19.4 Å². The highest BCUT2D eigenvalue weighted by molar-refractivity contribution is 5.85. The number of aliphatic carboxylic acids is 1. The zero-order valence-corrected chi connectivity index (χ0v) is 11.6. The summed E-state index contributed by atoms with van der Waals surface area (Å²) in [6.07, 6.45) is 4.42. The van der Waals surface area contributed by atoms with Gasteiger partial charge >= 0.3 is 5.97 Å². The number of hydrogen-bond donors (Lipinski definition) is 1. The maximum atomic E-state index is 14.0. The van der Waals surface area contributed by atoms with E-state index in [1.54, 1.807) is 12.1 Å². The van der Waals surface area contributed by atoms with Crippen LogP contribution in [0.4, 0.5) is 10.1 Å². The van der Waals surface area contributed by atoms with Crippen molar-refractivity contribution in [3.8, 4) is 0 Å². The molecule has 0 saturated heterocycles. The molecule has 0 aliphatic heterocycles. The van der Waals surface area contributed by atoms with Crippen LogP contribution in [0.5, 0.6) is 0 Å². The number of carboxylic acids is 1. The predicted molar refractivity (Wildman–Crippen MR) is 75.8 cm³/mol. The number of halogens is 1. The molecular formula is C15H20FNO2. The summed E-state index contributed by atoms with van der Waals surface area (Å²) in [5.74, 6) is -1.38. The van der Waals surface area contributed by atoms with Gasteiger partial charge < -0.3 is 10.0 Å². The summed E-state index contributed by atoms with van der Waals surface area (Å²) in [6, 6.07) is 5.01. The van der Waals surface area contributed by atoms with E-state index in [9.17, 15) is 9.18 Å². The van der Waals surface area contributed by atoms with Gasteiger partial charge in [0.1, 0.15) is 5.82 Å². The van der Waals surface area contributed by atoms with Crippen LogP contribution in [-0.2, 0) is 4.79 Å². The molecular weight excluding hydrogens is 245 g/mol. The van der Waals surface area contributed by atoms with Crippen LogP contribution >= 0.6 is 0 Å². The molecule has 0 fully saturated rings. The molecule has 1 rings (SSSR count). The lowest BCUT2D eigenvalue weighted by molar-refractivity contribution is -0.131. The van der Waals surface area contributed by atoms with E-state index < -0.39 is 5.97 Å². The highest BCUT2D eigenvalue weighted by atomic mass is 19.1. The average Bonchev–Trinajstić information content (AvgIpc) is 2.36. The van der Waals surface area contributed by atoms with Crippen LogP contribution in [0.25, 0.3) is 6.08 Å². The molecule has 0 bridgehead atoms. The number of hydrogen-bond acceptors (Lipinski definition) is 2. The van der Waals surface area contributed by atoms with Crippen LogP contribution in [0, 0.1) is 5.82 Å². The number of anilines is 1. The molecule has 1 aromatic rings. The molecule has 1 aromatic carbocycles. The van der Waals surface area contributed by atoms with Crippen LogP contribution < -0.4 is 4.90 Å². The fraction of sp³-hybridized carbons (Fsp3) is 0.400. The third-order valence-corrected chi connectivity index (χ3v) is 3.14. The largest absolute Gasteiger partial charge is 0.478 e. The van der Waals surface area contributed by atoms with Gasteiger partial charge in [-0.15, -0.1) is 0 Å². The second kappa shape index (κ2) is 6.92. The van der Waals surface area contributed by atoms with E-state index in [1.807, 2.05) is 11.9 Å². The van der Waals surface area contributed by atoms with Gasteiger partial charge in [0.2, 0.25) is 0 Å². The summed E-state index contributed by atoms with van der Waals surface area (Å²) in [4.78, 5) is 12.3. The molecule has 0 spiro atoms. The zero-order chi connectivity index (χ0) is 14.4. The summed E-state index contributed by atoms with van der Waals surface area (Å²) in [6.45, 7) is 4.15. The van der Waals surface area contributed by atoms with Crippen molar-refractivity contribution in [3.05, 3.63) is 35.7 Å². The fourth-order valence-electron chi connectivity index (χ4n) is 1.93. The Balaban J connectivity index is 2.91. The molecule has 0 aromatic heterocycles. The topological polar surface area (TPSA) is 40.5 Å². The number of carbonyl (C=O) groups is 1. The maximum absolute atomic E-state index is 14.0. The Hall–Kier alpha value is -1.84. The van der Waals surface area contributed by atoms with E-state index in [-0.39, 0.29) is 11.9 Å². The minimum atomic E-state index is -1.04. The van der Waals surface area contributed by atoms with E-state index in [0.717, 1.165) is 18.9 Å². The van der Waals surface area contributed by atoms with E-state index in [1.165, 1.54) is 12.1 Å². The number of nitrogens with zero attached hydrogens (tertiary/aromatic N) is 1. The van der Waals surface area contributed by atoms with E-state index in [0.29, 0.717) is 11.3 Å². The third-order valence-electron chi connectivity index (χ3n) is 3.14. The molecule has 0 aliphatic carbocycles. The molecule has 0 saturated carbocycles. The Morgan fingerprint density at radius 1 is 1.53 bits per heavy atom. The molecule has 104 valence electrons. The Morgan fingerprint density at radius 2 is 2.21 bits per heavy atom. The summed E-state index contributed by atoms with van der Waals surface area (Å²) in [7, 11) is 1.87. The normalized spacial score (nSPS) is 12.6. The number of benzene rings is 1. The summed E-state index contributed by atoms with van der Waals surface area (Å²) >= 11 is 0. The van der Waals surface area contributed by atoms with Crippen LogP contribution in [0.3, 0.4) is 0 Å². The number of carboxylic acid groups (broad SMARTS) is 1. The highest BCUT2D eigenvalue weighted by Gasteiger charge is 2.13. The average molecular weight is 265 g/mol. The maximum Gasteiger partial charge on any atom is 0.328 e. The first-order valence-corrected chi connectivity index (χ1v) is 6.39. The Labute approximate surface area is 113 Å². The predicted octanol–water partition coefficient (Wildman–Crippen LogP) is 3.55. The minimum absolute atomic E-state index is 0.264. The fourth-order valence-corrected chi connectivity index (χ4v) is 1.93. The molecule has 0 heterocycles. The molecule has 0 aliphatic rings. The van der Waals surface area contributed by atoms with E-state index >= 15 is 0 Å². The van der Waals surface area contributed by atoms with Crippen molar-refractivity contribution >= 4 is 17.7 Å². The molecule has 1 atom stereocenters. The Bertz CT molecular complexity index is 471. The molecule has 1 unspecified atom stereocenters. The van der Waals surface area contributed by atoms with Crippen LogP contribution in [-0.4, -0.2) is 24.2 Å². The van der Waals surface area contributed by atoms with Gasteiger partial charge in [-0.3, -0.25) is 0 Å². The van der Waals surface area contributed by atoms with Crippen molar-refractivity contribution in [1.29, 1.82) is 0 Å². The summed E-state index contributed by atoms with van der Waals surface area (Å²) in [5, 5.41) is 8.53. The van der Waals surface area contributed by atoms with Crippen molar-refractivity contribution in [1.82, 2.24) is 0 Å². The van der Waals surface area contributed by atoms with Crippen molar-refractivity contribution in [2.45, 2.75) is 32.7 Å². The van der Waals surface area contributed by atoms with Crippen molar-refractivity contribution in [2.24, 2.45) is 0 Å². The van der Waals surface area contributed by atoms with Gasteiger partial charge in [-0.05, 0) is 37.1 Å². The van der Waals surface area contributed by atoms with Gasteiger partial charge in [0.05, 0.1) is 5.69 Å². The van der Waals surface area contributed by atoms with Gasteiger partial charge in [0.25, 0.3) is 0 Å². The summed E-state index contributed by atoms with van der Waals surface area (Å²) in [5.41, 5.74) is 1.08. The number of rotatable bonds is 6. The Morgan fingerprint density at radius 3 is 2.74 bits per heavy atom. The molecule has 4 heteroatoms. The molecule has 1 N–H and O–H groups in total. The van der Waals surface area contributed by atoms with Crippen LogP contribution in [0.1, 0.15) is 32.3 Å². The molecule has 3 nitrogen and oxygen atoms in total. The first-order chi connectivity index (χ1) is 8.95. The SMILES string of the molecule is CCCC(C)N(C)c1ccc(/C=C/C(=O)O)cc1F. The summed E-state index contributed by atoms with van der Waals surface area (Å²) < 4.78 is 14.0. The van der Waals surface area contributed by atoms with Crippen LogP contribution in [0.2, 0.25) is 0 Å². The van der Waals surface area contributed by atoms with Crippen molar-refractivity contribution < 1.29 is 14.3 Å². The van der Waals surface area contributed by atoms with Gasteiger partial charge in [0.15, 0.2) is 0 Å². The van der Waals surface area contributed by atoms with Crippen LogP contribution in [0.15, 0.2) is 24.3 Å². The second-order valence-corrected chi connectivity index (χ2v) is 4.63. The lowest BCUT2D eigenvalue weighted by atomic mass is 10.1. The second-order valence-electron chi connectivity index (χ2n) is 4.63. The van der Waals surface area contributed by atoms with Crippen molar-refractivity contribution in [3.63, 3.8) is 0 Å². The molecule has 0 amide bonds. The zero-order valence-electron chi connectivity index (χ0n) is 11.6. The van der Waals surface area contributed by atoms with Gasteiger partial charge in [0, 0.05) is 19.2 Å². The van der Waals surface area contributed by atoms with E-state index in [4.69, 9.17) is 5.11 Å². The lowest BCUT2D eigenvalue weighted by Gasteiger charge is -2.27. The highest BCUT2D eigenvalue weighted by Crippen LogP contribution is 2.23. The van der Waals surface area contributed by atoms with Gasteiger partial charge in [-0.25, -0.2) is 9.18 Å². The first kappa shape index (κ1) is 15.2. The molecule has 19 heavy (non-hydrogen) atoms. The first-order valence-electron chi connectivity index (χ1n) is 6.39. The minimum Gasteiger partial charge on any atom is -0.478 e. The smallest absolute Gasteiger partial charge is 0.328 e. The monoisotopic (exact) mass is 265 g/mol. The Kier molecular flexibility index (Phi) is 5.55. The quantitative estimate of drug-likeness (QED) is 0.800. The lowest BCUT2D eigenvalue weighted by Crippen LogP contribution is -2.29. The molecule has 0 radical (unpaired) electrons.